The van der Waals surface area contributed by atoms with Gasteiger partial charge in [0.15, 0.2) is 0 Å². The lowest BCUT2D eigenvalue weighted by molar-refractivity contribution is 0.153. The van der Waals surface area contributed by atoms with Gasteiger partial charge in [-0.1, -0.05) is 66.2 Å². The Hall–Kier alpha value is -0.380. The Morgan fingerprint density at radius 1 is 0.958 bits per heavy atom. The van der Waals surface area contributed by atoms with Crippen LogP contribution in [0.15, 0.2) is 5.16 Å². The summed E-state index contributed by atoms with van der Waals surface area (Å²) >= 11 is 0. The first-order valence-electron chi connectivity index (χ1n) is 9.59. The maximum atomic E-state index is 12.9. The van der Waals surface area contributed by atoms with Crippen molar-refractivity contribution in [3.05, 3.63) is 0 Å². The second-order valence-electron chi connectivity index (χ2n) is 6.52. The third kappa shape index (κ3) is 11.2. The van der Waals surface area contributed by atoms with Gasteiger partial charge in [-0.2, -0.15) is 0 Å². The lowest BCUT2D eigenvalue weighted by Gasteiger charge is -2.23. The minimum absolute atomic E-state index is 0.0257. The van der Waals surface area contributed by atoms with Crippen molar-refractivity contribution in [1.29, 1.82) is 0 Å². The Morgan fingerprint density at radius 2 is 1.42 bits per heavy atom. The van der Waals surface area contributed by atoms with Crippen molar-refractivity contribution in [3.63, 3.8) is 0 Å². The Balaban J connectivity index is 4.60. The van der Waals surface area contributed by atoms with Gasteiger partial charge in [-0.3, -0.25) is 4.57 Å². The summed E-state index contributed by atoms with van der Waals surface area (Å²) in [7, 11) is -3.24. The molecule has 0 spiro atoms. The molecule has 0 bridgehead atoms. The molecule has 6 heteroatoms. The van der Waals surface area contributed by atoms with Gasteiger partial charge in [0.05, 0.1) is 25.6 Å². The predicted octanol–water partition coefficient (Wildman–Crippen LogP) is 6.11. The van der Waals surface area contributed by atoms with Crippen molar-refractivity contribution in [2.24, 2.45) is 17.0 Å². The summed E-state index contributed by atoms with van der Waals surface area (Å²) in [6.45, 7) is 9.48. The second-order valence-corrected chi connectivity index (χ2v) is 8.62. The average Bonchev–Trinajstić information content (AvgIpc) is 2.60. The van der Waals surface area contributed by atoms with Crippen molar-refractivity contribution in [3.8, 4) is 0 Å². The summed E-state index contributed by atoms with van der Waals surface area (Å²) in [4.78, 5) is 0. The molecule has 0 fully saturated rings. The molecular formula is C18H38NO4P. The van der Waals surface area contributed by atoms with Gasteiger partial charge in [-0.25, -0.2) is 0 Å². The van der Waals surface area contributed by atoms with Crippen molar-refractivity contribution in [2.45, 2.75) is 79.1 Å². The highest BCUT2D eigenvalue weighted by Gasteiger charge is 2.26. The Bertz CT molecular complexity index is 339. The Kier molecular flexibility index (Phi) is 14.7. The highest BCUT2D eigenvalue weighted by atomic mass is 31.2. The van der Waals surface area contributed by atoms with E-state index in [-0.39, 0.29) is 6.16 Å². The molecule has 0 saturated heterocycles. The molecule has 144 valence electrons. The van der Waals surface area contributed by atoms with Gasteiger partial charge in [-0.15, -0.1) is 5.16 Å². The zero-order valence-electron chi connectivity index (χ0n) is 16.1. The van der Waals surface area contributed by atoms with Gasteiger partial charge >= 0.3 is 7.60 Å². The minimum Gasteiger partial charge on any atom is -0.411 e. The monoisotopic (exact) mass is 363 g/mol. The first-order valence-corrected chi connectivity index (χ1v) is 11.3. The number of hydrogen-bond donors (Lipinski definition) is 1. The number of oxime groups is 1. The van der Waals surface area contributed by atoms with Crippen LogP contribution in [0.3, 0.4) is 0 Å². The van der Waals surface area contributed by atoms with Crippen LogP contribution in [0.5, 0.6) is 0 Å². The van der Waals surface area contributed by atoms with E-state index < -0.39 is 7.60 Å². The number of hydrogen-bond acceptors (Lipinski definition) is 5. The van der Waals surface area contributed by atoms with Crippen LogP contribution in [0, 0.1) is 11.8 Å². The Labute approximate surface area is 148 Å². The summed E-state index contributed by atoms with van der Waals surface area (Å²) in [5.41, 5.74) is 0. The van der Waals surface area contributed by atoms with Crippen molar-refractivity contribution in [1.82, 2.24) is 0 Å². The first kappa shape index (κ1) is 23.6. The van der Waals surface area contributed by atoms with E-state index in [0.29, 0.717) is 25.0 Å². The smallest absolute Gasteiger partial charge is 0.336 e. The fraction of sp³-hybridized carbons (Fsp3) is 0.944. The van der Waals surface area contributed by atoms with Crippen molar-refractivity contribution < 1.29 is 18.8 Å². The van der Waals surface area contributed by atoms with Crippen LogP contribution in [-0.4, -0.2) is 30.8 Å². The van der Waals surface area contributed by atoms with Gasteiger partial charge in [0, 0.05) is 0 Å². The summed E-state index contributed by atoms with van der Waals surface area (Å²) in [5, 5.41) is 11.6. The summed E-state index contributed by atoms with van der Waals surface area (Å²) in [6.07, 6.45) is 10.0. The third-order valence-electron chi connectivity index (χ3n) is 4.49. The van der Waals surface area contributed by atoms with E-state index in [0.717, 1.165) is 51.4 Å². The van der Waals surface area contributed by atoms with Gasteiger partial charge in [0.2, 0.25) is 0 Å². The normalized spacial score (nSPS) is 17.0. The number of nitrogens with zero attached hydrogens (tertiary/aromatic N) is 1. The topological polar surface area (TPSA) is 68.1 Å². The zero-order valence-corrected chi connectivity index (χ0v) is 17.0. The fourth-order valence-corrected chi connectivity index (χ4v) is 3.95. The van der Waals surface area contributed by atoms with E-state index >= 15 is 0 Å². The second kappa shape index (κ2) is 14.9. The molecular weight excluding hydrogens is 325 g/mol. The van der Waals surface area contributed by atoms with E-state index in [9.17, 15) is 4.57 Å². The highest BCUT2D eigenvalue weighted by Crippen LogP contribution is 2.48. The van der Waals surface area contributed by atoms with E-state index in [2.05, 4.69) is 32.9 Å². The molecule has 0 rings (SSSR count). The minimum atomic E-state index is -3.24. The van der Waals surface area contributed by atoms with Crippen LogP contribution >= 0.6 is 7.60 Å². The lowest BCUT2D eigenvalue weighted by atomic mass is 10.0. The van der Waals surface area contributed by atoms with Gasteiger partial charge in [0.25, 0.3) is 0 Å². The van der Waals surface area contributed by atoms with Crippen LogP contribution in [0.25, 0.3) is 0 Å². The molecule has 2 atom stereocenters. The van der Waals surface area contributed by atoms with Crippen LogP contribution in [0.4, 0.5) is 0 Å². The van der Waals surface area contributed by atoms with E-state index in [1.165, 1.54) is 6.21 Å². The third-order valence-corrected chi connectivity index (χ3v) is 6.18. The number of rotatable bonds is 16. The molecule has 0 aliphatic rings. The van der Waals surface area contributed by atoms with Crippen molar-refractivity contribution in [2.75, 3.05) is 19.4 Å². The molecule has 5 nitrogen and oxygen atoms in total. The molecule has 0 aliphatic carbocycles. The van der Waals surface area contributed by atoms with E-state index in [4.69, 9.17) is 14.3 Å². The molecule has 0 saturated carbocycles. The zero-order chi connectivity index (χ0) is 18.3. The standard InChI is InChI=1S/C18H38NO4P/c1-5-9-11-17(7-3)15-22-24(21,14-13-19-20)23-16-18(8-4)12-10-6-2/h13,17-18,20H,5-12,14-16H2,1-4H3. The SMILES string of the molecule is CCCCC(CC)COP(=O)(CC=NO)OCC(CC)CCCC. The van der Waals surface area contributed by atoms with Crippen LogP contribution in [0.1, 0.15) is 79.1 Å². The van der Waals surface area contributed by atoms with Crippen LogP contribution in [0.2, 0.25) is 0 Å². The molecule has 24 heavy (non-hydrogen) atoms. The predicted molar refractivity (Wildman–Crippen MR) is 101 cm³/mol. The molecule has 0 aromatic heterocycles. The maximum Gasteiger partial charge on any atom is 0.336 e. The van der Waals surface area contributed by atoms with Gasteiger partial charge in [0.1, 0.15) is 0 Å². The van der Waals surface area contributed by atoms with Crippen LogP contribution in [-0.2, 0) is 13.6 Å². The quantitative estimate of drug-likeness (QED) is 0.156. The summed E-state index contributed by atoms with van der Waals surface area (Å²) in [6, 6.07) is 0. The first-order chi connectivity index (χ1) is 11.5. The van der Waals surface area contributed by atoms with E-state index in [1.807, 2.05) is 0 Å². The molecule has 0 aromatic rings. The fourth-order valence-electron chi connectivity index (χ4n) is 2.51. The van der Waals surface area contributed by atoms with Crippen LogP contribution < -0.4 is 0 Å². The lowest BCUT2D eigenvalue weighted by Crippen LogP contribution is -2.14. The molecule has 0 heterocycles. The van der Waals surface area contributed by atoms with E-state index in [1.54, 1.807) is 0 Å². The molecule has 0 amide bonds. The largest absolute Gasteiger partial charge is 0.411 e. The average molecular weight is 363 g/mol. The molecule has 1 N–H and O–H groups in total. The molecule has 2 unspecified atom stereocenters. The summed E-state index contributed by atoms with van der Waals surface area (Å²) in [5.74, 6) is 0.796. The molecule has 0 aromatic carbocycles. The Morgan fingerprint density at radius 3 is 1.75 bits per heavy atom. The van der Waals surface area contributed by atoms with Gasteiger partial charge in [-0.05, 0) is 24.7 Å². The molecule has 0 radical (unpaired) electrons. The molecule has 0 aliphatic heterocycles. The number of unbranched alkanes of at least 4 members (excludes halogenated alkanes) is 2. The highest BCUT2D eigenvalue weighted by molar-refractivity contribution is 7.54. The van der Waals surface area contributed by atoms with Crippen molar-refractivity contribution >= 4 is 13.8 Å². The summed E-state index contributed by atoms with van der Waals surface area (Å²) < 4.78 is 24.3. The maximum absolute atomic E-state index is 12.9. The van der Waals surface area contributed by atoms with Gasteiger partial charge < -0.3 is 14.3 Å².